The second-order valence-electron chi connectivity index (χ2n) is 15.0. The van der Waals surface area contributed by atoms with Crippen LogP contribution in [0.3, 0.4) is 0 Å². The van der Waals surface area contributed by atoms with Gasteiger partial charge in [-0.1, -0.05) is 106 Å². The Balaban J connectivity index is 0.000000234. The van der Waals surface area contributed by atoms with Gasteiger partial charge in [0.25, 0.3) is 0 Å². The maximum atomic E-state index is 14.6. The lowest BCUT2D eigenvalue weighted by molar-refractivity contribution is -0.118. The number of nitrogens with two attached hydrogens (primary N) is 2. The van der Waals surface area contributed by atoms with Crippen molar-refractivity contribution in [2.75, 3.05) is 32.7 Å². The van der Waals surface area contributed by atoms with Gasteiger partial charge < -0.3 is 32.7 Å². The Bertz CT molecular complexity index is 1800. The van der Waals surface area contributed by atoms with E-state index in [2.05, 4.69) is 21.3 Å². The molecule has 278 valence electrons. The number of carbonyl (C=O) groups excluding carboxylic acids is 2. The van der Waals surface area contributed by atoms with Gasteiger partial charge in [0.05, 0.1) is 34.1 Å². The topological polar surface area (TPSA) is 134 Å². The van der Waals surface area contributed by atoms with Crippen molar-refractivity contribution in [3.05, 3.63) is 107 Å². The van der Waals surface area contributed by atoms with Crippen LogP contribution in [0.2, 0.25) is 0 Å². The van der Waals surface area contributed by atoms with Gasteiger partial charge in [-0.05, 0) is 67.0 Å². The number of anilines is 6. The van der Waals surface area contributed by atoms with E-state index in [1.807, 2.05) is 83.1 Å². The summed E-state index contributed by atoms with van der Waals surface area (Å²) in [6, 6.07) is 22.5. The van der Waals surface area contributed by atoms with Gasteiger partial charge in [0.2, 0.25) is 11.8 Å². The SMILES string of the molecule is Cc1ccc(CNc2ccc(NC(=O)CC(C)(C)C)c(N)c2F)cc1.Cc1ccc(CNc2ccc(NC(=O)CCC3CCCC3)c(N)c2F)cc1. The second-order valence-corrected chi connectivity index (χ2v) is 15.0. The summed E-state index contributed by atoms with van der Waals surface area (Å²) in [6.45, 7) is 10.9. The standard InChI is InChI=1S/C22H28FN3O.C20H26FN3O/c1-15-6-8-17(9-7-15)14-25-18-11-12-19(22(24)21(18)23)26-20(27)13-10-16-4-2-3-5-16;1-13-5-7-14(8-6-13)12-23-15-9-10-16(19(22)18(15)21)24-17(25)11-20(2,3)4/h6-9,11-12,16,25H,2-5,10,13-14,24H2,1H3,(H,26,27);5-10,23H,11-12,22H2,1-4H3,(H,24,25). The van der Waals surface area contributed by atoms with Crippen LogP contribution in [-0.4, -0.2) is 11.8 Å². The average Bonchev–Trinajstić information content (AvgIpc) is 3.62. The van der Waals surface area contributed by atoms with E-state index in [0.29, 0.717) is 54.6 Å². The van der Waals surface area contributed by atoms with Crippen LogP contribution in [0.25, 0.3) is 0 Å². The fourth-order valence-electron chi connectivity index (χ4n) is 6.01. The van der Waals surface area contributed by atoms with Crippen molar-refractivity contribution in [2.24, 2.45) is 11.3 Å². The number of nitrogen functional groups attached to an aromatic ring is 2. The van der Waals surface area contributed by atoms with Gasteiger partial charge in [-0.3, -0.25) is 9.59 Å². The molecule has 10 heteroatoms. The van der Waals surface area contributed by atoms with Gasteiger partial charge >= 0.3 is 0 Å². The maximum absolute atomic E-state index is 14.6. The Morgan fingerprint density at radius 1 is 0.654 bits per heavy atom. The highest BCUT2D eigenvalue weighted by molar-refractivity contribution is 5.95. The van der Waals surface area contributed by atoms with Crippen molar-refractivity contribution in [1.29, 1.82) is 0 Å². The largest absolute Gasteiger partial charge is 0.395 e. The Labute approximate surface area is 307 Å². The zero-order valence-corrected chi connectivity index (χ0v) is 31.1. The molecular weight excluding hydrogens is 658 g/mol. The molecule has 4 aromatic carbocycles. The van der Waals surface area contributed by atoms with E-state index in [-0.39, 0.29) is 28.6 Å². The molecule has 0 aromatic heterocycles. The molecule has 0 radical (unpaired) electrons. The van der Waals surface area contributed by atoms with E-state index in [0.717, 1.165) is 17.5 Å². The van der Waals surface area contributed by atoms with E-state index >= 15 is 0 Å². The van der Waals surface area contributed by atoms with Gasteiger partial charge in [-0.15, -0.1) is 0 Å². The van der Waals surface area contributed by atoms with Gasteiger partial charge in [0.1, 0.15) is 0 Å². The first-order valence-corrected chi connectivity index (χ1v) is 18.0. The number of benzene rings is 4. The van der Waals surface area contributed by atoms with Crippen LogP contribution in [0.1, 0.15) is 88.0 Å². The van der Waals surface area contributed by atoms with E-state index < -0.39 is 11.6 Å². The average molecular weight is 713 g/mol. The van der Waals surface area contributed by atoms with Gasteiger partial charge in [-0.2, -0.15) is 0 Å². The van der Waals surface area contributed by atoms with Crippen molar-refractivity contribution in [3.63, 3.8) is 0 Å². The summed E-state index contributed by atoms with van der Waals surface area (Å²) in [6.07, 6.45) is 6.64. The highest BCUT2D eigenvalue weighted by atomic mass is 19.1. The predicted molar refractivity (Wildman–Crippen MR) is 211 cm³/mol. The molecule has 0 heterocycles. The molecule has 0 bridgehead atoms. The van der Waals surface area contributed by atoms with Crippen LogP contribution in [0.15, 0.2) is 72.8 Å². The number of carbonyl (C=O) groups is 2. The number of hydrogen-bond donors (Lipinski definition) is 6. The molecule has 8 nitrogen and oxygen atoms in total. The lowest BCUT2D eigenvalue weighted by Crippen LogP contribution is -2.20. The van der Waals surface area contributed by atoms with Crippen molar-refractivity contribution in [2.45, 2.75) is 92.7 Å². The van der Waals surface area contributed by atoms with Crippen molar-refractivity contribution < 1.29 is 18.4 Å². The third kappa shape index (κ3) is 12.3. The number of nitrogens with one attached hydrogen (secondary N) is 4. The summed E-state index contributed by atoms with van der Waals surface area (Å²) in [5.41, 5.74) is 17.3. The summed E-state index contributed by atoms with van der Waals surface area (Å²) < 4.78 is 29.1. The molecule has 8 N–H and O–H groups in total. The number of rotatable bonds is 12. The monoisotopic (exact) mass is 712 g/mol. The third-order valence-electron chi connectivity index (χ3n) is 9.06. The van der Waals surface area contributed by atoms with Crippen molar-refractivity contribution in [3.8, 4) is 0 Å². The zero-order valence-electron chi connectivity index (χ0n) is 31.1. The molecule has 1 fully saturated rings. The molecule has 1 aliphatic rings. The van der Waals surface area contributed by atoms with Crippen molar-refractivity contribution >= 4 is 45.9 Å². The lowest BCUT2D eigenvalue weighted by atomic mass is 9.92. The fraction of sp³-hybridized carbons (Fsp3) is 0.381. The molecule has 4 aromatic rings. The van der Waals surface area contributed by atoms with Gasteiger partial charge in [0, 0.05) is 25.9 Å². The lowest BCUT2D eigenvalue weighted by Gasteiger charge is -2.18. The first-order valence-electron chi connectivity index (χ1n) is 18.0. The maximum Gasteiger partial charge on any atom is 0.224 e. The van der Waals surface area contributed by atoms with E-state index in [1.165, 1.54) is 36.8 Å². The first-order chi connectivity index (χ1) is 24.7. The predicted octanol–water partition coefficient (Wildman–Crippen LogP) is 9.94. The number of aryl methyl sites for hydroxylation is 2. The van der Waals surface area contributed by atoms with Gasteiger partial charge in [0.15, 0.2) is 11.6 Å². The van der Waals surface area contributed by atoms with E-state index in [9.17, 15) is 18.4 Å². The Morgan fingerprint density at radius 2 is 1.06 bits per heavy atom. The molecule has 52 heavy (non-hydrogen) atoms. The molecule has 5 rings (SSSR count). The fourth-order valence-corrected chi connectivity index (χ4v) is 6.01. The molecule has 0 unspecified atom stereocenters. The zero-order chi connectivity index (χ0) is 37.8. The second kappa shape index (κ2) is 18.4. The number of hydrogen-bond acceptors (Lipinski definition) is 6. The molecule has 2 amide bonds. The van der Waals surface area contributed by atoms with Crippen LogP contribution in [0.4, 0.5) is 42.9 Å². The van der Waals surface area contributed by atoms with E-state index in [4.69, 9.17) is 11.5 Å². The minimum atomic E-state index is -0.555. The van der Waals surface area contributed by atoms with Crippen LogP contribution in [-0.2, 0) is 22.7 Å². The Hall–Kier alpha value is -5.12. The molecule has 0 saturated heterocycles. The van der Waals surface area contributed by atoms with Crippen LogP contribution in [0.5, 0.6) is 0 Å². The summed E-state index contributed by atoms with van der Waals surface area (Å²) in [5, 5.41) is 11.5. The molecule has 0 aliphatic heterocycles. The van der Waals surface area contributed by atoms with Crippen LogP contribution < -0.4 is 32.7 Å². The molecular formula is C42H54F2N6O2. The minimum Gasteiger partial charge on any atom is -0.395 e. The van der Waals surface area contributed by atoms with E-state index in [1.54, 1.807) is 24.3 Å². The molecule has 0 spiro atoms. The summed E-state index contributed by atoms with van der Waals surface area (Å²) in [7, 11) is 0. The third-order valence-corrected chi connectivity index (χ3v) is 9.06. The first kappa shape index (κ1) is 39.7. The quantitative estimate of drug-likeness (QED) is 0.0810. The number of halogens is 2. The molecule has 0 atom stereocenters. The molecule has 1 saturated carbocycles. The van der Waals surface area contributed by atoms with Gasteiger partial charge in [-0.25, -0.2) is 8.78 Å². The number of amides is 2. The molecule has 1 aliphatic carbocycles. The highest BCUT2D eigenvalue weighted by Crippen LogP contribution is 2.32. The Kier molecular flexibility index (Phi) is 14.0. The van der Waals surface area contributed by atoms with Crippen LogP contribution >= 0.6 is 0 Å². The minimum absolute atomic E-state index is 0.0295. The Morgan fingerprint density at radius 3 is 1.48 bits per heavy atom. The summed E-state index contributed by atoms with van der Waals surface area (Å²) in [4.78, 5) is 24.2. The summed E-state index contributed by atoms with van der Waals surface area (Å²) in [5.74, 6) is -0.720. The smallest absolute Gasteiger partial charge is 0.224 e. The van der Waals surface area contributed by atoms with Crippen LogP contribution in [0, 0.1) is 36.8 Å². The van der Waals surface area contributed by atoms with Crippen molar-refractivity contribution in [1.82, 2.24) is 0 Å². The normalized spacial score (nSPS) is 12.8. The highest BCUT2D eigenvalue weighted by Gasteiger charge is 2.19. The summed E-state index contributed by atoms with van der Waals surface area (Å²) >= 11 is 0.